The number of benzene rings is 1. The van der Waals surface area contributed by atoms with E-state index in [2.05, 4.69) is 39.2 Å². The van der Waals surface area contributed by atoms with Gasteiger partial charge in [-0.3, -0.25) is 0 Å². The van der Waals surface area contributed by atoms with Gasteiger partial charge in [0.2, 0.25) is 0 Å². The Morgan fingerprint density at radius 2 is 2.26 bits per heavy atom. The van der Waals surface area contributed by atoms with Crippen LogP contribution in [-0.2, 0) is 0 Å². The molecule has 0 heterocycles. The first-order valence-electron chi connectivity index (χ1n) is 6.01. The number of amidine groups is 1. The molecule has 1 unspecified atom stereocenters. The first kappa shape index (κ1) is 16.2. The van der Waals surface area contributed by atoms with Crippen molar-refractivity contribution in [3.63, 3.8) is 0 Å². The van der Waals surface area contributed by atoms with Crippen molar-refractivity contribution in [1.82, 2.24) is 0 Å². The van der Waals surface area contributed by atoms with Crippen molar-refractivity contribution in [1.29, 1.82) is 0 Å². The Hall–Kier alpha value is -0.880. The highest BCUT2D eigenvalue weighted by Gasteiger charge is 2.17. The van der Waals surface area contributed by atoms with Gasteiger partial charge in [-0.15, -0.1) is 0 Å². The van der Waals surface area contributed by atoms with E-state index in [4.69, 9.17) is 10.9 Å². The van der Waals surface area contributed by atoms with Gasteiger partial charge in [-0.25, -0.2) is 0 Å². The second kappa shape index (κ2) is 7.65. The molecule has 1 aromatic carbocycles. The monoisotopic (exact) mass is 345 g/mol. The zero-order valence-corrected chi connectivity index (χ0v) is 13.8. The fraction of sp³-hybridized carbons (Fsp3) is 0.462. The predicted molar refractivity (Wildman–Crippen MR) is 87.5 cm³/mol. The zero-order valence-electron chi connectivity index (χ0n) is 11.4. The van der Waals surface area contributed by atoms with Gasteiger partial charge in [0.1, 0.15) is 0 Å². The molecule has 0 saturated heterocycles. The molecular formula is C13H20BrN3OS. The molecule has 0 fully saturated rings. The van der Waals surface area contributed by atoms with Crippen LogP contribution in [0.15, 0.2) is 27.8 Å². The van der Waals surface area contributed by atoms with E-state index in [0.717, 1.165) is 27.9 Å². The van der Waals surface area contributed by atoms with Gasteiger partial charge in [0.15, 0.2) is 5.84 Å². The minimum atomic E-state index is 0.117. The first-order valence-corrected chi connectivity index (χ1v) is 8.19. The van der Waals surface area contributed by atoms with Gasteiger partial charge in [0.05, 0.1) is 5.56 Å². The average molecular weight is 346 g/mol. The van der Waals surface area contributed by atoms with Crippen molar-refractivity contribution in [2.24, 2.45) is 10.9 Å². The molecule has 4 nitrogen and oxygen atoms in total. The average Bonchev–Trinajstić information content (AvgIpc) is 2.42. The van der Waals surface area contributed by atoms with E-state index in [0.29, 0.717) is 6.04 Å². The number of rotatable bonds is 6. The normalized spacial score (nSPS) is 13.4. The van der Waals surface area contributed by atoms with E-state index < -0.39 is 0 Å². The Morgan fingerprint density at radius 3 is 2.84 bits per heavy atom. The number of hydrogen-bond donors (Lipinski definition) is 2. The standard InChI is InChI=1S/C13H20BrN3OS/c1-9(7-8-19-3)17(2)11-6-4-5-10(14)12(11)13(15)16-18/h4-6,9,18H,7-8H2,1-3H3,(H2,15,16). The predicted octanol–water partition coefficient (Wildman–Crippen LogP) is 3.12. The zero-order chi connectivity index (χ0) is 14.4. The summed E-state index contributed by atoms with van der Waals surface area (Å²) in [6.07, 6.45) is 3.19. The molecule has 0 aliphatic carbocycles. The SMILES string of the molecule is CSCCC(C)N(C)c1cccc(Br)c1/C(N)=N/O. The molecule has 0 aliphatic rings. The van der Waals surface area contributed by atoms with Crippen LogP contribution in [0.2, 0.25) is 0 Å². The summed E-state index contributed by atoms with van der Waals surface area (Å²) in [5.74, 6) is 1.23. The molecule has 1 atom stereocenters. The van der Waals surface area contributed by atoms with Crippen molar-refractivity contribution in [3.05, 3.63) is 28.2 Å². The van der Waals surface area contributed by atoms with Crippen LogP contribution in [0.25, 0.3) is 0 Å². The molecule has 6 heteroatoms. The molecule has 3 N–H and O–H groups in total. The minimum Gasteiger partial charge on any atom is -0.409 e. The summed E-state index contributed by atoms with van der Waals surface area (Å²) in [6, 6.07) is 6.20. The van der Waals surface area contributed by atoms with Crippen LogP contribution < -0.4 is 10.6 Å². The number of nitrogens with zero attached hydrogens (tertiary/aromatic N) is 2. The van der Waals surface area contributed by atoms with Gasteiger partial charge < -0.3 is 15.8 Å². The van der Waals surface area contributed by atoms with Gasteiger partial charge in [0, 0.05) is 23.2 Å². The van der Waals surface area contributed by atoms with Crippen LogP contribution in [0.4, 0.5) is 5.69 Å². The van der Waals surface area contributed by atoms with Crippen molar-refractivity contribution < 1.29 is 5.21 Å². The molecule has 0 radical (unpaired) electrons. The third-order valence-electron chi connectivity index (χ3n) is 3.14. The molecule has 19 heavy (non-hydrogen) atoms. The Morgan fingerprint density at radius 1 is 1.58 bits per heavy atom. The first-order chi connectivity index (χ1) is 9.02. The maximum atomic E-state index is 8.92. The summed E-state index contributed by atoms with van der Waals surface area (Å²) in [4.78, 5) is 2.16. The number of hydrogen-bond acceptors (Lipinski definition) is 4. The number of thioether (sulfide) groups is 1. The van der Waals surface area contributed by atoms with Gasteiger partial charge >= 0.3 is 0 Å². The summed E-state index contributed by atoms with van der Waals surface area (Å²) in [6.45, 7) is 2.17. The summed E-state index contributed by atoms with van der Waals surface area (Å²) in [5.41, 5.74) is 7.46. The van der Waals surface area contributed by atoms with Crippen molar-refractivity contribution in [2.45, 2.75) is 19.4 Å². The van der Waals surface area contributed by atoms with E-state index in [-0.39, 0.29) is 5.84 Å². The molecular weight excluding hydrogens is 326 g/mol. The molecule has 0 amide bonds. The maximum absolute atomic E-state index is 8.92. The van der Waals surface area contributed by atoms with E-state index in [9.17, 15) is 0 Å². The van der Waals surface area contributed by atoms with Crippen LogP contribution in [0.3, 0.4) is 0 Å². The molecule has 0 spiro atoms. The smallest absolute Gasteiger partial charge is 0.173 e. The Bertz CT molecular complexity index is 454. The Kier molecular flexibility index (Phi) is 6.51. The highest BCUT2D eigenvalue weighted by atomic mass is 79.9. The van der Waals surface area contributed by atoms with Crippen LogP contribution in [0.5, 0.6) is 0 Å². The summed E-state index contributed by atoms with van der Waals surface area (Å²) in [7, 11) is 2.03. The second-order valence-corrected chi connectivity index (χ2v) is 6.20. The topological polar surface area (TPSA) is 61.8 Å². The fourth-order valence-corrected chi connectivity index (χ4v) is 2.97. The molecule has 0 saturated carbocycles. The fourth-order valence-electron chi connectivity index (χ4n) is 1.83. The van der Waals surface area contributed by atoms with Gasteiger partial charge in [-0.1, -0.05) is 11.2 Å². The van der Waals surface area contributed by atoms with Crippen molar-refractivity contribution in [3.8, 4) is 0 Å². The van der Waals surface area contributed by atoms with Crippen molar-refractivity contribution in [2.75, 3.05) is 24.0 Å². The number of oxime groups is 1. The Labute approximate surface area is 127 Å². The second-order valence-electron chi connectivity index (χ2n) is 4.36. The van der Waals surface area contributed by atoms with Gasteiger partial charge in [-0.2, -0.15) is 11.8 Å². The minimum absolute atomic E-state index is 0.117. The van der Waals surface area contributed by atoms with Gasteiger partial charge in [0.25, 0.3) is 0 Å². The highest BCUT2D eigenvalue weighted by molar-refractivity contribution is 9.10. The summed E-state index contributed by atoms with van der Waals surface area (Å²) < 4.78 is 0.823. The number of nitrogens with two attached hydrogens (primary N) is 1. The summed E-state index contributed by atoms with van der Waals surface area (Å²) in [5, 5.41) is 12.0. The molecule has 0 aromatic heterocycles. The third-order valence-corrected chi connectivity index (χ3v) is 4.44. The van der Waals surface area contributed by atoms with Gasteiger partial charge in [-0.05, 0) is 53.4 Å². The van der Waals surface area contributed by atoms with Crippen LogP contribution >= 0.6 is 27.7 Å². The molecule has 106 valence electrons. The van der Waals surface area contributed by atoms with E-state index in [1.165, 1.54) is 0 Å². The maximum Gasteiger partial charge on any atom is 0.173 e. The summed E-state index contributed by atoms with van der Waals surface area (Å²) >= 11 is 5.29. The lowest BCUT2D eigenvalue weighted by Crippen LogP contribution is -2.31. The van der Waals surface area contributed by atoms with Crippen LogP contribution in [-0.4, -0.2) is 36.1 Å². The van der Waals surface area contributed by atoms with Crippen LogP contribution in [0.1, 0.15) is 18.9 Å². The van der Waals surface area contributed by atoms with Crippen LogP contribution in [0, 0.1) is 0 Å². The van der Waals surface area contributed by atoms with Crippen molar-refractivity contribution >= 4 is 39.2 Å². The molecule has 1 aromatic rings. The van der Waals surface area contributed by atoms with E-state index >= 15 is 0 Å². The van der Waals surface area contributed by atoms with E-state index in [1.54, 1.807) is 0 Å². The quantitative estimate of drug-likeness (QED) is 0.360. The lowest BCUT2D eigenvalue weighted by molar-refractivity contribution is 0.318. The number of halogens is 1. The molecule has 0 bridgehead atoms. The Balaban J connectivity index is 3.09. The lowest BCUT2D eigenvalue weighted by Gasteiger charge is -2.29. The number of anilines is 1. The lowest BCUT2D eigenvalue weighted by atomic mass is 10.1. The van der Waals surface area contributed by atoms with E-state index in [1.807, 2.05) is 37.0 Å². The largest absolute Gasteiger partial charge is 0.409 e. The molecule has 1 rings (SSSR count). The molecule has 0 aliphatic heterocycles. The third kappa shape index (κ3) is 4.04. The highest BCUT2D eigenvalue weighted by Crippen LogP contribution is 2.28.